The number of carbonyl (C=O) groups is 1. The number of carbonyl (C=O) groups excluding carboxylic acids is 1. The molecule has 0 unspecified atom stereocenters. The lowest BCUT2D eigenvalue weighted by atomic mass is 9.97. The smallest absolute Gasteiger partial charge is 0.319 e. The van der Waals surface area contributed by atoms with Crippen molar-refractivity contribution in [1.29, 1.82) is 0 Å². The van der Waals surface area contributed by atoms with Crippen LogP contribution in [0.4, 0.5) is 10.5 Å². The van der Waals surface area contributed by atoms with Gasteiger partial charge in [-0.3, -0.25) is 0 Å². The highest BCUT2D eigenvalue weighted by molar-refractivity contribution is 5.89. The van der Waals surface area contributed by atoms with E-state index in [1.165, 1.54) is 0 Å². The molecule has 0 aromatic heterocycles. The number of aryl methyl sites for hydroxylation is 1. The van der Waals surface area contributed by atoms with Gasteiger partial charge in [0, 0.05) is 12.2 Å². The molecule has 0 aliphatic carbocycles. The van der Waals surface area contributed by atoms with E-state index < -0.39 is 0 Å². The number of rotatable bonds is 2. The van der Waals surface area contributed by atoms with Crippen LogP contribution in [0.2, 0.25) is 0 Å². The highest BCUT2D eigenvalue weighted by Gasteiger charge is 2.11. The number of anilines is 1. The largest absolute Gasteiger partial charge is 0.337 e. The predicted octanol–water partition coefficient (Wildman–Crippen LogP) is 3.16. The highest BCUT2D eigenvalue weighted by atomic mass is 16.2. The molecule has 0 bridgehead atoms. The zero-order valence-corrected chi connectivity index (χ0v) is 10.4. The molecule has 88 valence electrons. The van der Waals surface area contributed by atoms with Gasteiger partial charge in [-0.05, 0) is 24.0 Å². The Morgan fingerprint density at radius 2 is 1.88 bits per heavy atom. The van der Waals surface area contributed by atoms with E-state index in [9.17, 15) is 4.79 Å². The molecule has 0 saturated carbocycles. The number of hydrogen-bond donors (Lipinski definition) is 2. The molecule has 16 heavy (non-hydrogen) atoms. The van der Waals surface area contributed by atoms with E-state index in [1.54, 1.807) is 0 Å². The Morgan fingerprint density at radius 1 is 1.25 bits per heavy atom. The van der Waals surface area contributed by atoms with Gasteiger partial charge in [0.15, 0.2) is 0 Å². The summed E-state index contributed by atoms with van der Waals surface area (Å²) >= 11 is 0. The van der Waals surface area contributed by atoms with Crippen LogP contribution < -0.4 is 10.6 Å². The first-order valence-electron chi connectivity index (χ1n) is 5.49. The fourth-order valence-corrected chi connectivity index (χ4v) is 1.23. The van der Waals surface area contributed by atoms with Crippen LogP contribution in [-0.2, 0) is 0 Å². The quantitative estimate of drug-likeness (QED) is 0.789. The molecule has 2 amide bonds. The van der Waals surface area contributed by atoms with Gasteiger partial charge in [-0.2, -0.15) is 0 Å². The fraction of sp³-hybridized carbons (Fsp3) is 0.462. The van der Waals surface area contributed by atoms with Crippen molar-refractivity contribution in [1.82, 2.24) is 5.32 Å². The summed E-state index contributed by atoms with van der Waals surface area (Å²) in [5, 5.41) is 5.68. The number of benzene rings is 1. The van der Waals surface area contributed by atoms with Crippen LogP contribution in [0.5, 0.6) is 0 Å². The van der Waals surface area contributed by atoms with Gasteiger partial charge in [0.25, 0.3) is 0 Å². The maximum absolute atomic E-state index is 11.6. The van der Waals surface area contributed by atoms with Crippen LogP contribution in [-0.4, -0.2) is 12.6 Å². The minimum Gasteiger partial charge on any atom is -0.337 e. The predicted molar refractivity (Wildman–Crippen MR) is 67.7 cm³/mol. The van der Waals surface area contributed by atoms with Crippen molar-refractivity contribution in [2.45, 2.75) is 27.7 Å². The lowest BCUT2D eigenvalue weighted by Crippen LogP contribution is -2.35. The second kappa shape index (κ2) is 5.01. The van der Waals surface area contributed by atoms with Crippen LogP contribution >= 0.6 is 0 Å². The molecule has 0 aliphatic rings. The molecule has 0 heterocycles. The minimum atomic E-state index is -0.149. The first-order chi connectivity index (χ1) is 7.38. The van der Waals surface area contributed by atoms with E-state index in [1.807, 2.05) is 31.2 Å². The summed E-state index contributed by atoms with van der Waals surface area (Å²) in [5.74, 6) is 0. The maximum Gasteiger partial charge on any atom is 0.319 e. The van der Waals surface area contributed by atoms with Crippen molar-refractivity contribution >= 4 is 11.7 Å². The van der Waals surface area contributed by atoms with E-state index in [2.05, 4.69) is 31.4 Å². The number of amides is 2. The van der Waals surface area contributed by atoms with Gasteiger partial charge in [-0.25, -0.2) is 4.79 Å². The van der Waals surface area contributed by atoms with Gasteiger partial charge in [0.05, 0.1) is 0 Å². The van der Waals surface area contributed by atoms with Crippen molar-refractivity contribution in [3.05, 3.63) is 29.8 Å². The molecule has 0 radical (unpaired) electrons. The molecule has 0 spiro atoms. The van der Waals surface area contributed by atoms with E-state index in [-0.39, 0.29) is 11.4 Å². The molecule has 0 fully saturated rings. The molecule has 0 saturated heterocycles. The SMILES string of the molecule is Cc1ccccc1NC(=O)NCC(C)(C)C. The first kappa shape index (κ1) is 12.6. The Bertz CT molecular complexity index is 366. The Kier molecular flexibility index (Phi) is 3.93. The summed E-state index contributed by atoms with van der Waals surface area (Å²) in [6.07, 6.45) is 0. The molecule has 0 aliphatic heterocycles. The average Bonchev–Trinajstić information content (AvgIpc) is 2.18. The van der Waals surface area contributed by atoms with E-state index in [0.717, 1.165) is 11.3 Å². The average molecular weight is 220 g/mol. The zero-order valence-electron chi connectivity index (χ0n) is 10.4. The van der Waals surface area contributed by atoms with Crippen LogP contribution in [0.15, 0.2) is 24.3 Å². The first-order valence-corrected chi connectivity index (χ1v) is 5.49. The van der Waals surface area contributed by atoms with E-state index in [4.69, 9.17) is 0 Å². The van der Waals surface area contributed by atoms with Crippen molar-refractivity contribution in [3.63, 3.8) is 0 Å². The number of para-hydroxylation sites is 1. The van der Waals surface area contributed by atoms with Crippen LogP contribution in [0.1, 0.15) is 26.3 Å². The van der Waals surface area contributed by atoms with E-state index in [0.29, 0.717) is 6.54 Å². The second-order valence-corrected chi connectivity index (χ2v) is 5.18. The van der Waals surface area contributed by atoms with Crippen molar-refractivity contribution in [2.75, 3.05) is 11.9 Å². The molecular formula is C13H20N2O. The molecule has 0 atom stereocenters. The van der Waals surface area contributed by atoms with Gasteiger partial charge in [0.1, 0.15) is 0 Å². The van der Waals surface area contributed by atoms with Gasteiger partial charge in [-0.1, -0.05) is 39.0 Å². The summed E-state index contributed by atoms with van der Waals surface area (Å²) in [6.45, 7) is 8.88. The second-order valence-electron chi connectivity index (χ2n) is 5.18. The third-order valence-electron chi connectivity index (χ3n) is 2.17. The Morgan fingerprint density at radius 3 is 2.44 bits per heavy atom. The normalized spacial score (nSPS) is 11.0. The summed E-state index contributed by atoms with van der Waals surface area (Å²) in [5.41, 5.74) is 2.02. The third kappa shape index (κ3) is 4.34. The molecule has 1 aromatic rings. The maximum atomic E-state index is 11.6. The van der Waals surface area contributed by atoms with Gasteiger partial charge < -0.3 is 10.6 Å². The molecule has 1 aromatic carbocycles. The van der Waals surface area contributed by atoms with Crippen LogP contribution in [0.3, 0.4) is 0 Å². The monoisotopic (exact) mass is 220 g/mol. The number of urea groups is 1. The zero-order chi connectivity index (χ0) is 12.2. The summed E-state index contributed by atoms with van der Waals surface area (Å²) in [4.78, 5) is 11.6. The molecular weight excluding hydrogens is 200 g/mol. The lowest BCUT2D eigenvalue weighted by molar-refractivity contribution is 0.247. The Balaban J connectivity index is 2.50. The number of hydrogen-bond acceptors (Lipinski definition) is 1. The highest BCUT2D eigenvalue weighted by Crippen LogP contribution is 2.13. The Labute approximate surface area is 97.2 Å². The summed E-state index contributed by atoms with van der Waals surface area (Å²) < 4.78 is 0. The molecule has 3 heteroatoms. The standard InChI is InChI=1S/C13H20N2O/c1-10-7-5-6-8-11(10)15-12(16)14-9-13(2,3)4/h5-8H,9H2,1-4H3,(H2,14,15,16). The van der Waals surface area contributed by atoms with Gasteiger partial charge >= 0.3 is 6.03 Å². The van der Waals surface area contributed by atoms with Crippen molar-refractivity contribution in [2.24, 2.45) is 5.41 Å². The summed E-state index contributed by atoms with van der Waals surface area (Å²) in [6, 6.07) is 7.58. The Hall–Kier alpha value is -1.51. The molecule has 2 N–H and O–H groups in total. The van der Waals surface area contributed by atoms with Crippen molar-refractivity contribution in [3.8, 4) is 0 Å². The lowest BCUT2D eigenvalue weighted by Gasteiger charge is -2.19. The number of nitrogens with one attached hydrogen (secondary N) is 2. The van der Waals surface area contributed by atoms with E-state index >= 15 is 0 Å². The summed E-state index contributed by atoms with van der Waals surface area (Å²) in [7, 11) is 0. The molecule has 1 rings (SSSR count). The third-order valence-corrected chi connectivity index (χ3v) is 2.17. The molecule has 3 nitrogen and oxygen atoms in total. The fourth-order valence-electron chi connectivity index (χ4n) is 1.23. The topological polar surface area (TPSA) is 41.1 Å². The minimum absolute atomic E-state index is 0.100. The van der Waals surface area contributed by atoms with Crippen LogP contribution in [0.25, 0.3) is 0 Å². The van der Waals surface area contributed by atoms with Gasteiger partial charge in [-0.15, -0.1) is 0 Å². The van der Waals surface area contributed by atoms with Crippen LogP contribution in [0, 0.1) is 12.3 Å². The van der Waals surface area contributed by atoms with Crippen molar-refractivity contribution < 1.29 is 4.79 Å². The van der Waals surface area contributed by atoms with Gasteiger partial charge in [0.2, 0.25) is 0 Å².